The third kappa shape index (κ3) is 3.69. The van der Waals surface area contributed by atoms with Crippen molar-refractivity contribution in [2.45, 2.75) is 6.92 Å². The molecule has 1 aromatic carbocycles. The van der Waals surface area contributed by atoms with Crippen LogP contribution in [0.3, 0.4) is 0 Å². The molecule has 0 fully saturated rings. The van der Waals surface area contributed by atoms with Crippen molar-refractivity contribution in [2.24, 2.45) is 4.40 Å². The number of ether oxygens (including phenoxy) is 1. The van der Waals surface area contributed by atoms with E-state index in [-0.39, 0.29) is 17.9 Å². The molecule has 0 aliphatic rings. The van der Waals surface area contributed by atoms with E-state index < -0.39 is 16.3 Å². The quantitative estimate of drug-likeness (QED) is 0.446. The predicted octanol–water partition coefficient (Wildman–Crippen LogP) is 0.823. The minimum absolute atomic E-state index is 0.0796. The fraction of sp³-hybridized carbons (Fsp3) is 0.200. The smallest absolute Gasteiger partial charge is 0.439 e. The summed E-state index contributed by atoms with van der Waals surface area (Å²) in [6, 6.07) is 5.53. The molecular weight excluding hydrogens is 262 g/mol. The van der Waals surface area contributed by atoms with E-state index in [1.165, 1.54) is 24.3 Å². The fourth-order valence-corrected chi connectivity index (χ4v) is 1.60. The van der Waals surface area contributed by atoms with Gasteiger partial charge in [0.15, 0.2) is 5.75 Å². The van der Waals surface area contributed by atoms with Crippen LogP contribution in [0, 0.1) is 0 Å². The first-order chi connectivity index (χ1) is 8.50. The number of hydrogen-bond donors (Lipinski definition) is 0. The van der Waals surface area contributed by atoms with E-state index in [1.807, 2.05) is 0 Å². The molecule has 0 bridgehead atoms. The lowest BCUT2D eigenvalue weighted by atomic mass is 10.2. The minimum atomic E-state index is -4.46. The number of benzene rings is 1. The first-order valence-electron chi connectivity index (χ1n) is 4.80. The van der Waals surface area contributed by atoms with Crippen molar-refractivity contribution >= 4 is 22.4 Å². The third-order valence-corrected chi connectivity index (χ3v) is 2.41. The van der Waals surface area contributed by atoms with E-state index in [1.54, 1.807) is 6.92 Å². The van der Waals surface area contributed by atoms with Gasteiger partial charge < -0.3 is 8.92 Å². The zero-order chi connectivity index (χ0) is 13.6. The number of para-hydroxylation sites is 1. The van der Waals surface area contributed by atoms with Gasteiger partial charge >= 0.3 is 16.3 Å². The van der Waals surface area contributed by atoms with Crippen LogP contribution in [0.1, 0.15) is 17.3 Å². The average Bonchev–Trinajstić information content (AvgIpc) is 2.29. The van der Waals surface area contributed by atoms with Crippen molar-refractivity contribution in [3.05, 3.63) is 29.8 Å². The zero-order valence-corrected chi connectivity index (χ0v) is 10.1. The van der Waals surface area contributed by atoms with Gasteiger partial charge in [0.2, 0.25) is 0 Å². The molecule has 0 radical (unpaired) electrons. The van der Waals surface area contributed by atoms with Crippen LogP contribution >= 0.6 is 0 Å². The number of isocyanates is 1. The second kappa shape index (κ2) is 5.95. The minimum Gasteiger partial charge on any atom is -0.462 e. The Morgan fingerprint density at radius 3 is 2.67 bits per heavy atom. The highest BCUT2D eigenvalue weighted by Gasteiger charge is 2.18. The standard InChI is InChI=1S/C10H9NO6S/c1-2-16-10(13)8-5-3-4-6-9(8)17-18(14,15)11-7-12/h3-6H,2H2,1H3. The van der Waals surface area contributed by atoms with Gasteiger partial charge in [-0.2, -0.15) is 8.42 Å². The van der Waals surface area contributed by atoms with Crippen molar-refractivity contribution in [3.63, 3.8) is 0 Å². The molecule has 0 heterocycles. The Labute approximate surface area is 103 Å². The second-order valence-electron chi connectivity index (χ2n) is 2.91. The summed E-state index contributed by atoms with van der Waals surface area (Å²) in [5.74, 6) is -1.01. The zero-order valence-electron chi connectivity index (χ0n) is 9.32. The number of esters is 1. The summed E-state index contributed by atoms with van der Waals surface area (Å²) in [6.45, 7) is 1.74. The van der Waals surface area contributed by atoms with Crippen molar-refractivity contribution in [2.75, 3.05) is 6.61 Å². The van der Waals surface area contributed by atoms with Gasteiger partial charge in [-0.3, -0.25) is 0 Å². The molecule has 0 aromatic heterocycles. The van der Waals surface area contributed by atoms with Gasteiger partial charge in [0.05, 0.1) is 6.61 Å². The number of rotatable bonds is 5. The van der Waals surface area contributed by atoms with E-state index in [2.05, 4.69) is 8.58 Å². The summed E-state index contributed by atoms with van der Waals surface area (Å²) in [6.07, 6.45) is 0.848. The maximum Gasteiger partial charge on any atom is 0.439 e. The summed E-state index contributed by atoms with van der Waals surface area (Å²) in [5, 5.41) is 0. The molecule has 18 heavy (non-hydrogen) atoms. The molecule has 0 spiro atoms. The van der Waals surface area contributed by atoms with Crippen molar-refractivity contribution < 1.29 is 26.9 Å². The highest BCUT2D eigenvalue weighted by Crippen LogP contribution is 2.21. The third-order valence-electron chi connectivity index (χ3n) is 1.73. The van der Waals surface area contributed by atoms with Crippen LogP contribution in [0.2, 0.25) is 0 Å². The lowest BCUT2D eigenvalue weighted by molar-refractivity contribution is 0.0524. The molecule has 0 N–H and O–H groups in total. The van der Waals surface area contributed by atoms with E-state index in [0.717, 1.165) is 6.08 Å². The Morgan fingerprint density at radius 1 is 1.39 bits per heavy atom. The summed E-state index contributed by atoms with van der Waals surface area (Å²) < 4.78 is 34.0. The van der Waals surface area contributed by atoms with Crippen LogP contribution in [0.4, 0.5) is 0 Å². The van der Waals surface area contributed by atoms with Gasteiger partial charge in [0.1, 0.15) is 5.56 Å². The Balaban J connectivity index is 3.10. The van der Waals surface area contributed by atoms with Crippen LogP contribution in [0.15, 0.2) is 28.7 Å². The molecule has 0 aliphatic carbocycles. The fourth-order valence-electron chi connectivity index (χ4n) is 1.09. The highest BCUT2D eigenvalue weighted by molar-refractivity contribution is 7.85. The predicted molar refractivity (Wildman–Crippen MR) is 60.1 cm³/mol. The van der Waals surface area contributed by atoms with E-state index >= 15 is 0 Å². The molecule has 0 aliphatic heterocycles. The van der Waals surface area contributed by atoms with Crippen LogP contribution in [-0.4, -0.2) is 27.1 Å². The Hall–Kier alpha value is -2.18. The normalized spacial score (nSPS) is 10.3. The van der Waals surface area contributed by atoms with E-state index in [0.29, 0.717) is 0 Å². The summed E-state index contributed by atoms with van der Waals surface area (Å²) in [7, 11) is -4.46. The van der Waals surface area contributed by atoms with Crippen LogP contribution in [0.5, 0.6) is 5.75 Å². The van der Waals surface area contributed by atoms with Crippen molar-refractivity contribution in [1.82, 2.24) is 0 Å². The van der Waals surface area contributed by atoms with E-state index in [4.69, 9.17) is 4.74 Å². The van der Waals surface area contributed by atoms with Gasteiger partial charge in [-0.1, -0.05) is 12.1 Å². The number of nitrogens with zero attached hydrogens (tertiary/aromatic N) is 1. The van der Waals surface area contributed by atoms with Crippen LogP contribution in [-0.2, 0) is 19.8 Å². The van der Waals surface area contributed by atoms with Gasteiger partial charge in [-0.05, 0) is 23.5 Å². The largest absolute Gasteiger partial charge is 0.462 e. The molecule has 0 amide bonds. The van der Waals surface area contributed by atoms with Gasteiger partial charge in [0.25, 0.3) is 6.08 Å². The second-order valence-corrected chi connectivity index (χ2v) is 4.11. The Kier molecular flexibility index (Phi) is 4.59. The highest BCUT2D eigenvalue weighted by atomic mass is 32.2. The van der Waals surface area contributed by atoms with Gasteiger partial charge in [-0.15, -0.1) is 0 Å². The van der Waals surface area contributed by atoms with Crippen molar-refractivity contribution in [3.8, 4) is 5.75 Å². The van der Waals surface area contributed by atoms with Gasteiger partial charge in [0, 0.05) is 0 Å². The van der Waals surface area contributed by atoms with Crippen molar-refractivity contribution in [1.29, 1.82) is 0 Å². The Bertz CT molecular complexity index is 588. The maximum absolute atomic E-state index is 11.5. The molecule has 96 valence electrons. The van der Waals surface area contributed by atoms with Crippen LogP contribution < -0.4 is 4.18 Å². The first-order valence-corrected chi connectivity index (χ1v) is 6.16. The van der Waals surface area contributed by atoms with Gasteiger partial charge in [-0.25, -0.2) is 9.59 Å². The first kappa shape index (κ1) is 13.9. The molecule has 0 unspecified atom stereocenters. The summed E-state index contributed by atoms with van der Waals surface area (Å²) in [5.41, 5.74) is -0.0796. The summed E-state index contributed by atoms with van der Waals surface area (Å²) in [4.78, 5) is 21.4. The lowest BCUT2D eigenvalue weighted by Crippen LogP contribution is -2.11. The number of carbonyl (C=O) groups is 1. The topological polar surface area (TPSA) is 99.1 Å². The average molecular weight is 271 g/mol. The molecule has 0 saturated heterocycles. The maximum atomic E-state index is 11.5. The van der Waals surface area contributed by atoms with Crippen LogP contribution in [0.25, 0.3) is 0 Å². The van der Waals surface area contributed by atoms with E-state index in [9.17, 15) is 18.0 Å². The summed E-state index contributed by atoms with van der Waals surface area (Å²) >= 11 is 0. The number of carbonyl (C=O) groups excluding carboxylic acids is 2. The molecule has 1 rings (SSSR count). The lowest BCUT2D eigenvalue weighted by Gasteiger charge is -2.07. The molecule has 7 nitrogen and oxygen atoms in total. The molecule has 0 atom stereocenters. The molecule has 1 aromatic rings. The number of hydrogen-bond acceptors (Lipinski definition) is 6. The molecule has 0 saturated carbocycles. The monoisotopic (exact) mass is 271 g/mol. The SMILES string of the molecule is CCOC(=O)c1ccccc1OS(=O)(=O)N=C=O. The Morgan fingerprint density at radius 2 is 2.06 bits per heavy atom. The molecule has 8 heteroatoms. The molecular formula is C10H9NO6S.